The van der Waals surface area contributed by atoms with Crippen LogP contribution in [0.15, 0.2) is 18.2 Å². The van der Waals surface area contributed by atoms with Gasteiger partial charge < -0.3 is 9.84 Å². The average molecular weight is 198 g/mol. The fourth-order valence-corrected chi connectivity index (χ4v) is 0.898. The number of hydrogen-bond donors (Lipinski definition) is 1. The van der Waals surface area contributed by atoms with E-state index in [1.807, 2.05) is 0 Å². The largest absolute Gasteiger partial charge is 0.478 e. The molecule has 0 heterocycles. The number of carboxylic acid groups (broad SMARTS) is 1. The highest BCUT2D eigenvalue weighted by Gasteiger charge is 2.11. The van der Waals surface area contributed by atoms with E-state index in [1.54, 1.807) is 0 Å². The molecule has 0 amide bonds. The third-order valence-electron chi connectivity index (χ3n) is 1.43. The maximum atomic E-state index is 12.8. The van der Waals surface area contributed by atoms with Crippen molar-refractivity contribution in [2.24, 2.45) is 0 Å². The van der Waals surface area contributed by atoms with Gasteiger partial charge in [-0.1, -0.05) is 0 Å². The molecule has 0 spiro atoms. The summed E-state index contributed by atoms with van der Waals surface area (Å²) in [5, 5.41) is 8.54. The standard InChI is InChI=1S/C9H7FO4/c1-5(11)14-6-2-3-8(10)7(4-6)9(12)13/h2-4H,1H3,(H,12,13). The Bertz CT molecular complexity index is 386. The molecule has 1 rings (SSSR count). The minimum absolute atomic E-state index is 0.0105. The maximum Gasteiger partial charge on any atom is 0.338 e. The molecular formula is C9H7FO4. The molecule has 14 heavy (non-hydrogen) atoms. The third kappa shape index (κ3) is 2.29. The first-order valence-electron chi connectivity index (χ1n) is 3.72. The number of carbonyl (C=O) groups excluding carboxylic acids is 1. The molecule has 0 aliphatic heterocycles. The summed E-state index contributed by atoms with van der Waals surface area (Å²) in [6.45, 7) is 1.17. The second-order valence-corrected chi connectivity index (χ2v) is 2.54. The van der Waals surface area contributed by atoms with Gasteiger partial charge in [0.2, 0.25) is 0 Å². The Balaban J connectivity index is 3.06. The summed E-state index contributed by atoms with van der Waals surface area (Å²) in [4.78, 5) is 21.0. The summed E-state index contributed by atoms with van der Waals surface area (Å²) in [5.74, 6) is -2.85. The van der Waals surface area contributed by atoms with E-state index in [0.29, 0.717) is 0 Å². The molecule has 0 radical (unpaired) electrons. The van der Waals surface area contributed by atoms with Crippen molar-refractivity contribution < 1.29 is 23.8 Å². The van der Waals surface area contributed by atoms with Gasteiger partial charge in [-0.2, -0.15) is 0 Å². The fraction of sp³-hybridized carbons (Fsp3) is 0.111. The normalized spacial score (nSPS) is 9.57. The highest BCUT2D eigenvalue weighted by atomic mass is 19.1. The number of carbonyl (C=O) groups is 2. The van der Waals surface area contributed by atoms with Gasteiger partial charge >= 0.3 is 11.9 Å². The van der Waals surface area contributed by atoms with Crippen LogP contribution in [0.5, 0.6) is 5.75 Å². The lowest BCUT2D eigenvalue weighted by Gasteiger charge is -2.02. The van der Waals surface area contributed by atoms with Crippen molar-refractivity contribution in [3.8, 4) is 5.75 Å². The Morgan fingerprint density at radius 3 is 2.57 bits per heavy atom. The molecule has 0 aromatic heterocycles. The summed E-state index contributed by atoms with van der Waals surface area (Å²) in [5.41, 5.74) is -0.524. The van der Waals surface area contributed by atoms with Crippen molar-refractivity contribution in [3.05, 3.63) is 29.6 Å². The fourth-order valence-electron chi connectivity index (χ4n) is 0.898. The summed E-state index contributed by atoms with van der Waals surface area (Å²) in [6.07, 6.45) is 0. The monoisotopic (exact) mass is 198 g/mol. The molecule has 0 saturated heterocycles. The zero-order valence-electron chi connectivity index (χ0n) is 7.28. The first-order valence-corrected chi connectivity index (χ1v) is 3.72. The van der Waals surface area contributed by atoms with Crippen LogP contribution in [0, 0.1) is 5.82 Å². The van der Waals surface area contributed by atoms with Crippen LogP contribution in [0.2, 0.25) is 0 Å². The number of carboxylic acids is 1. The van der Waals surface area contributed by atoms with Crippen molar-refractivity contribution in [2.45, 2.75) is 6.92 Å². The summed E-state index contributed by atoms with van der Waals surface area (Å²) in [6, 6.07) is 3.07. The Hall–Kier alpha value is -1.91. The topological polar surface area (TPSA) is 63.6 Å². The van der Waals surface area contributed by atoms with Gasteiger partial charge in [-0.05, 0) is 18.2 Å². The van der Waals surface area contributed by atoms with E-state index in [4.69, 9.17) is 5.11 Å². The number of esters is 1. The molecule has 0 bridgehead atoms. The second kappa shape index (κ2) is 3.87. The van der Waals surface area contributed by atoms with Gasteiger partial charge in [0.05, 0.1) is 5.56 Å². The van der Waals surface area contributed by atoms with E-state index in [-0.39, 0.29) is 5.75 Å². The van der Waals surface area contributed by atoms with Crippen LogP contribution in [0.1, 0.15) is 17.3 Å². The molecule has 5 heteroatoms. The van der Waals surface area contributed by atoms with Crippen LogP contribution in [-0.4, -0.2) is 17.0 Å². The molecule has 0 unspecified atom stereocenters. The predicted molar refractivity (Wildman–Crippen MR) is 44.7 cm³/mol. The molecule has 1 aromatic carbocycles. The van der Waals surface area contributed by atoms with Crippen molar-refractivity contribution in [2.75, 3.05) is 0 Å². The van der Waals surface area contributed by atoms with Crippen LogP contribution in [0.25, 0.3) is 0 Å². The highest BCUT2D eigenvalue weighted by molar-refractivity contribution is 5.88. The SMILES string of the molecule is CC(=O)Oc1ccc(F)c(C(=O)O)c1. The van der Waals surface area contributed by atoms with Crippen molar-refractivity contribution >= 4 is 11.9 Å². The number of rotatable bonds is 2. The molecule has 1 aromatic rings. The van der Waals surface area contributed by atoms with Crippen LogP contribution < -0.4 is 4.74 Å². The number of ether oxygens (including phenoxy) is 1. The first kappa shape index (κ1) is 10.2. The van der Waals surface area contributed by atoms with Crippen molar-refractivity contribution in [3.63, 3.8) is 0 Å². The van der Waals surface area contributed by atoms with Crippen molar-refractivity contribution in [1.82, 2.24) is 0 Å². The van der Waals surface area contributed by atoms with Gasteiger partial charge in [0.1, 0.15) is 11.6 Å². The number of aromatic carboxylic acids is 1. The van der Waals surface area contributed by atoms with E-state index >= 15 is 0 Å². The number of hydrogen-bond acceptors (Lipinski definition) is 3. The van der Waals surface area contributed by atoms with Crippen LogP contribution >= 0.6 is 0 Å². The molecule has 74 valence electrons. The van der Waals surface area contributed by atoms with Gasteiger partial charge in [-0.25, -0.2) is 9.18 Å². The van der Waals surface area contributed by atoms with Gasteiger partial charge in [0, 0.05) is 6.92 Å². The Labute approximate surface area is 78.9 Å². The molecule has 0 aliphatic carbocycles. The van der Waals surface area contributed by atoms with Crippen LogP contribution in [0.3, 0.4) is 0 Å². The van der Waals surface area contributed by atoms with E-state index in [0.717, 1.165) is 12.1 Å². The van der Waals surface area contributed by atoms with E-state index in [2.05, 4.69) is 4.74 Å². The maximum absolute atomic E-state index is 12.8. The van der Waals surface area contributed by atoms with Crippen LogP contribution in [0.4, 0.5) is 4.39 Å². The third-order valence-corrected chi connectivity index (χ3v) is 1.43. The zero-order chi connectivity index (χ0) is 10.7. The summed E-state index contributed by atoms with van der Waals surface area (Å²) >= 11 is 0. The average Bonchev–Trinajstić information content (AvgIpc) is 2.07. The zero-order valence-corrected chi connectivity index (χ0v) is 7.28. The molecule has 0 atom stereocenters. The quantitative estimate of drug-likeness (QED) is 0.577. The number of benzene rings is 1. The Kier molecular flexibility index (Phi) is 2.81. The second-order valence-electron chi connectivity index (χ2n) is 2.54. The smallest absolute Gasteiger partial charge is 0.338 e. The van der Waals surface area contributed by atoms with E-state index in [9.17, 15) is 14.0 Å². The van der Waals surface area contributed by atoms with Gasteiger partial charge in [0.25, 0.3) is 0 Å². The minimum Gasteiger partial charge on any atom is -0.478 e. The molecule has 0 aliphatic rings. The Morgan fingerprint density at radius 2 is 2.07 bits per heavy atom. The first-order chi connectivity index (χ1) is 6.50. The van der Waals surface area contributed by atoms with E-state index < -0.39 is 23.3 Å². The lowest BCUT2D eigenvalue weighted by atomic mass is 10.2. The number of halogens is 1. The van der Waals surface area contributed by atoms with Gasteiger partial charge in [-0.3, -0.25) is 4.79 Å². The molecule has 0 saturated carbocycles. The lowest BCUT2D eigenvalue weighted by Crippen LogP contribution is -2.05. The van der Waals surface area contributed by atoms with Crippen molar-refractivity contribution in [1.29, 1.82) is 0 Å². The van der Waals surface area contributed by atoms with E-state index in [1.165, 1.54) is 13.0 Å². The lowest BCUT2D eigenvalue weighted by molar-refractivity contribution is -0.131. The van der Waals surface area contributed by atoms with Crippen LogP contribution in [-0.2, 0) is 4.79 Å². The molecular weight excluding hydrogens is 191 g/mol. The molecule has 4 nitrogen and oxygen atoms in total. The molecule has 0 fully saturated rings. The predicted octanol–water partition coefficient (Wildman–Crippen LogP) is 1.45. The highest BCUT2D eigenvalue weighted by Crippen LogP contribution is 2.16. The molecule has 1 N–H and O–H groups in total. The summed E-state index contributed by atoms with van der Waals surface area (Å²) in [7, 11) is 0. The van der Waals surface area contributed by atoms with Gasteiger partial charge in [0.15, 0.2) is 0 Å². The Morgan fingerprint density at radius 1 is 1.43 bits per heavy atom. The summed E-state index contributed by atoms with van der Waals surface area (Å²) < 4.78 is 17.4. The minimum atomic E-state index is -1.41. The van der Waals surface area contributed by atoms with Gasteiger partial charge in [-0.15, -0.1) is 0 Å².